The molecule has 0 bridgehead atoms. The fourth-order valence-electron chi connectivity index (χ4n) is 4.83. The van der Waals surface area contributed by atoms with Gasteiger partial charge in [0.15, 0.2) is 5.69 Å². The van der Waals surface area contributed by atoms with Crippen LogP contribution in [0.2, 0.25) is 0 Å². The van der Waals surface area contributed by atoms with E-state index in [1.807, 2.05) is 32.0 Å². The number of carbonyl (C=O) groups excluding carboxylic acids is 3. The highest BCUT2D eigenvalue weighted by molar-refractivity contribution is 6.12. The summed E-state index contributed by atoms with van der Waals surface area (Å²) in [7, 11) is 0. The van der Waals surface area contributed by atoms with E-state index < -0.39 is 11.5 Å². The smallest absolute Gasteiger partial charge is 0.358 e. The fourth-order valence-corrected chi connectivity index (χ4v) is 4.83. The lowest BCUT2D eigenvalue weighted by Crippen LogP contribution is -2.65. The van der Waals surface area contributed by atoms with E-state index in [-0.39, 0.29) is 42.4 Å². The molecule has 0 saturated heterocycles. The van der Waals surface area contributed by atoms with Gasteiger partial charge in [-0.25, -0.2) is 4.79 Å². The molecule has 4 rings (SSSR count). The molecule has 1 aromatic heterocycles. The zero-order valence-corrected chi connectivity index (χ0v) is 19.8. The van der Waals surface area contributed by atoms with Gasteiger partial charge in [-0.3, -0.25) is 19.2 Å². The number of benzene rings is 1. The molecule has 1 aromatic carbocycles. The van der Waals surface area contributed by atoms with Crippen LogP contribution in [0.1, 0.15) is 78.1 Å². The first kappa shape index (κ1) is 23.0. The molecular weight excluding hydrogens is 420 g/mol. The standard InChI is InChI=1S/C25H32N4O4/c1-5-33-23(31)19-14-21-22(30)29(20-13-9-10-16(2)17(20)3)25(4,15-28(21)27-19)24(32)26-18-11-7-6-8-12-18/h9-10,13-14,18H,5-8,11-12,15H2,1-4H3,(H,26,32)/t25-/m1/s1. The van der Waals surface area contributed by atoms with Crippen LogP contribution in [0.15, 0.2) is 24.3 Å². The minimum atomic E-state index is -1.21. The molecule has 2 amide bonds. The lowest BCUT2D eigenvalue weighted by Gasteiger charge is -2.44. The average molecular weight is 453 g/mol. The molecule has 1 saturated carbocycles. The van der Waals surface area contributed by atoms with E-state index in [2.05, 4.69) is 10.4 Å². The predicted molar refractivity (Wildman–Crippen MR) is 124 cm³/mol. The third kappa shape index (κ3) is 4.14. The van der Waals surface area contributed by atoms with Gasteiger partial charge in [-0.15, -0.1) is 0 Å². The number of ether oxygens (including phenoxy) is 1. The number of anilines is 1. The van der Waals surface area contributed by atoms with Gasteiger partial charge in [0.05, 0.1) is 13.2 Å². The number of carbonyl (C=O) groups is 3. The van der Waals surface area contributed by atoms with Crippen molar-refractivity contribution in [2.24, 2.45) is 0 Å². The van der Waals surface area contributed by atoms with Crippen LogP contribution in [0, 0.1) is 13.8 Å². The lowest BCUT2D eigenvalue weighted by atomic mass is 9.90. The van der Waals surface area contributed by atoms with Crippen LogP contribution in [0.25, 0.3) is 0 Å². The second-order valence-electron chi connectivity index (χ2n) is 9.23. The normalized spacial score (nSPS) is 21.0. The minimum Gasteiger partial charge on any atom is -0.461 e. The molecular formula is C25H32N4O4. The molecule has 1 N–H and O–H groups in total. The maximum absolute atomic E-state index is 13.8. The van der Waals surface area contributed by atoms with Crippen molar-refractivity contribution in [1.29, 1.82) is 0 Å². The van der Waals surface area contributed by atoms with Gasteiger partial charge in [0, 0.05) is 17.8 Å². The Morgan fingerprint density at radius 2 is 1.94 bits per heavy atom. The molecule has 0 radical (unpaired) electrons. The first-order chi connectivity index (χ1) is 15.8. The SMILES string of the molecule is CCOC(=O)c1cc2n(n1)C[C@](C)(C(=O)NC1CCCCC1)N(c1cccc(C)c1C)C2=O. The van der Waals surface area contributed by atoms with Crippen LogP contribution in [-0.4, -0.2) is 45.8 Å². The molecule has 0 spiro atoms. The number of fused-ring (bicyclic) bond motifs is 1. The summed E-state index contributed by atoms with van der Waals surface area (Å²) < 4.78 is 6.54. The van der Waals surface area contributed by atoms with Crippen molar-refractivity contribution in [3.8, 4) is 0 Å². The number of hydrogen-bond donors (Lipinski definition) is 1. The molecule has 176 valence electrons. The Morgan fingerprint density at radius 3 is 2.64 bits per heavy atom. The van der Waals surface area contributed by atoms with Crippen molar-refractivity contribution >= 4 is 23.5 Å². The Morgan fingerprint density at radius 1 is 1.21 bits per heavy atom. The highest BCUT2D eigenvalue weighted by Gasteiger charge is 2.50. The van der Waals surface area contributed by atoms with E-state index in [0.717, 1.165) is 36.8 Å². The number of nitrogens with one attached hydrogen (secondary N) is 1. The summed E-state index contributed by atoms with van der Waals surface area (Å²) in [6.45, 7) is 7.78. The van der Waals surface area contributed by atoms with Crippen molar-refractivity contribution in [2.75, 3.05) is 11.5 Å². The lowest BCUT2D eigenvalue weighted by molar-refractivity contribution is -0.127. The monoisotopic (exact) mass is 452 g/mol. The van der Waals surface area contributed by atoms with E-state index in [9.17, 15) is 14.4 Å². The first-order valence-corrected chi connectivity index (χ1v) is 11.7. The quantitative estimate of drug-likeness (QED) is 0.701. The Bertz CT molecular complexity index is 1090. The summed E-state index contributed by atoms with van der Waals surface area (Å²) in [5.74, 6) is -1.15. The van der Waals surface area contributed by atoms with E-state index in [1.54, 1.807) is 18.7 Å². The summed E-state index contributed by atoms with van der Waals surface area (Å²) in [5, 5.41) is 7.53. The number of rotatable bonds is 5. The highest BCUT2D eigenvalue weighted by Crippen LogP contribution is 2.36. The molecule has 1 atom stereocenters. The number of esters is 1. The number of nitrogens with zero attached hydrogens (tertiary/aromatic N) is 3. The van der Waals surface area contributed by atoms with Gasteiger partial charge in [0.1, 0.15) is 11.2 Å². The number of amides is 2. The summed E-state index contributed by atoms with van der Waals surface area (Å²) in [6.07, 6.45) is 5.25. The topological polar surface area (TPSA) is 93.5 Å². The van der Waals surface area contributed by atoms with Crippen molar-refractivity contribution in [1.82, 2.24) is 15.1 Å². The molecule has 1 aliphatic carbocycles. The second-order valence-corrected chi connectivity index (χ2v) is 9.23. The third-order valence-corrected chi connectivity index (χ3v) is 6.88. The molecule has 2 aromatic rings. The largest absolute Gasteiger partial charge is 0.461 e. The molecule has 0 unspecified atom stereocenters. The number of aromatic nitrogens is 2. The zero-order valence-electron chi connectivity index (χ0n) is 19.8. The van der Waals surface area contributed by atoms with E-state index in [1.165, 1.54) is 17.2 Å². The second kappa shape index (κ2) is 9.00. The average Bonchev–Trinajstić information content (AvgIpc) is 3.21. The fraction of sp³-hybridized carbons (Fsp3) is 0.520. The van der Waals surface area contributed by atoms with E-state index in [0.29, 0.717) is 5.69 Å². The predicted octanol–water partition coefficient (Wildman–Crippen LogP) is 3.54. The maximum Gasteiger partial charge on any atom is 0.358 e. The maximum atomic E-state index is 13.8. The van der Waals surface area contributed by atoms with Crippen LogP contribution >= 0.6 is 0 Å². The van der Waals surface area contributed by atoms with E-state index >= 15 is 0 Å². The summed E-state index contributed by atoms with van der Waals surface area (Å²) in [6, 6.07) is 7.30. The van der Waals surface area contributed by atoms with Crippen molar-refractivity contribution in [3.05, 3.63) is 46.8 Å². The van der Waals surface area contributed by atoms with Gasteiger partial charge in [0.25, 0.3) is 5.91 Å². The number of hydrogen-bond acceptors (Lipinski definition) is 5. The van der Waals surface area contributed by atoms with Gasteiger partial charge >= 0.3 is 5.97 Å². The van der Waals surface area contributed by atoms with Crippen LogP contribution < -0.4 is 10.2 Å². The first-order valence-electron chi connectivity index (χ1n) is 11.7. The Kier molecular flexibility index (Phi) is 6.28. The van der Waals surface area contributed by atoms with Crippen molar-refractivity contribution < 1.29 is 19.1 Å². The molecule has 8 heteroatoms. The van der Waals surface area contributed by atoms with Crippen molar-refractivity contribution in [2.45, 2.75) is 77.9 Å². The van der Waals surface area contributed by atoms with Crippen LogP contribution in [0.3, 0.4) is 0 Å². The highest BCUT2D eigenvalue weighted by atomic mass is 16.5. The zero-order chi connectivity index (χ0) is 23.8. The Balaban J connectivity index is 1.78. The third-order valence-electron chi connectivity index (χ3n) is 6.88. The molecule has 33 heavy (non-hydrogen) atoms. The molecule has 1 fully saturated rings. The van der Waals surface area contributed by atoms with Gasteiger partial charge in [0.2, 0.25) is 5.91 Å². The molecule has 8 nitrogen and oxygen atoms in total. The van der Waals surface area contributed by atoms with Crippen LogP contribution in [0.4, 0.5) is 5.69 Å². The summed E-state index contributed by atoms with van der Waals surface area (Å²) >= 11 is 0. The van der Waals surface area contributed by atoms with Gasteiger partial charge in [-0.1, -0.05) is 31.4 Å². The van der Waals surface area contributed by atoms with Gasteiger partial charge in [-0.05, 0) is 57.7 Å². The molecule has 1 aliphatic heterocycles. The van der Waals surface area contributed by atoms with E-state index in [4.69, 9.17) is 4.74 Å². The van der Waals surface area contributed by atoms with Gasteiger partial charge < -0.3 is 10.1 Å². The molecule has 2 aliphatic rings. The molecule has 2 heterocycles. The van der Waals surface area contributed by atoms with Gasteiger partial charge in [-0.2, -0.15) is 5.10 Å². The van der Waals surface area contributed by atoms with Crippen molar-refractivity contribution in [3.63, 3.8) is 0 Å². The summed E-state index contributed by atoms with van der Waals surface area (Å²) in [5.41, 5.74) is 1.77. The Labute approximate surface area is 194 Å². The Hall–Kier alpha value is -3.16. The number of aryl methyl sites for hydroxylation is 1. The summed E-state index contributed by atoms with van der Waals surface area (Å²) in [4.78, 5) is 41.4. The minimum absolute atomic E-state index is 0.0676. The van der Waals surface area contributed by atoms with Crippen LogP contribution in [-0.2, 0) is 16.1 Å². The van der Waals surface area contributed by atoms with Crippen LogP contribution in [0.5, 0.6) is 0 Å².